The maximum atomic E-state index is 2.56. The molecule has 10 aromatic carbocycles. The van der Waals surface area contributed by atoms with Gasteiger partial charge in [0.2, 0.25) is 0 Å². The van der Waals surface area contributed by atoms with Gasteiger partial charge in [0.25, 0.3) is 0 Å². The predicted molar refractivity (Wildman–Crippen MR) is 302 cm³/mol. The summed E-state index contributed by atoms with van der Waals surface area (Å²) in [6, 6.07) is 78.0. The monoisotopic (exact) mass is 914 g/mol. The molecule has 0 unspecified atom stereocenters. The van der Waals surface area contributed by atoms with Crippen LogP contribution in [0.5, 0.6) is 0 Å². The first-order valence-corrected chi connectivity index (χ1v) is 33.8. The van der Waals surface area contributed by atoms with Crippen LogP contribution >= 0.6 is 0 Å². The van der Waals surface area contributed by atoms with Crippen molar-refractivity contribution in [1.29, 1.82) is 0 Å². The number of benzene rings is 10. The van der Waals surface area contributed by atoms with Crippen molar-refractivity contribution in [1.82, 2.24) is 0 Å². The molecular weight excluding hydrogens is 857 g/mol. The first kappa shape index (κ1) is 42.8. The number of anilines is 6. The lowest BCUT2D eigenvalue weighted by atomic mass is 9.87. The van der Waals surface area contributed by atoms with Gasteiger partial charge in [0.05, 0.1) is 16.1 Å². The number of nitrogens with zero attached hydrogens (tertiary/aromatic N) is 2. The lowest BCUT2D eigenvalue weighted by molar-refractivity contribution is 1.28. The molecule has 0 N–H and O–H groups in total. The van der Waals surface area contributed by atoms with Gasteiger partial charge < -0.3 is 9.80 Å². The molecular formula is C62H58N2Si3. The van der Waals surface area contributed by atoms with Gasteiger partial charge in [-0.3, -0.25) is 0 Å². The van der Waals surface area contributed by atoms with Crippen LogP contribution in [-0.2, 0) is 0 Å². The lowest BCUT2D eigenvalue weighted by Crippen LogP contribution is -2.56. The molecule has 0 atom stereocenters. The zero-order valence-electron chi connectivity index (χ0n) is 40.0. The standard InChI is InChI=1S/C62H58N2Si3/c1-65(2,3)50-35-30-47(31-36-50)63(44-18-11-9-12-19-44)46-28-26-43(27-29-46)56-41-58-55-24-17-25-60-62(55)59(42-57(58)53-23-16-15-22-52(53)56)54-39-34-49(40-61(54)67(60,7)8)64(45-20-13-10-14-21-45)48-32-37-51(38-33-48)66(4,5)6/h9-42H,1-8H3. The van der Waals surface area contributed by atoms with E-state index < -0.39 is 24.2 Å². The minimum absolute atomic E-state index is 1.14. The fourth-order valence-corrected chi connectivity index (χ4v) is 16.1. The molecule has 10 aromatic rings. The zero-order chi connectivity index (χ0) is 46.2. The van der Waals surface area contributed by atoms with E-state index in [-0.39, 0.29) is 0 Å². The van der Waals surface area contributed by atoms with Crippen molar-refractivity contribution in [3.05, 3.63) is 206 Å². The van der Waals surface area contributed by atoms with Crippen LogP contribution in [-0.4, -0.2) is 24.2 Å². The molecule has 2 nitrogen and oxygen atoms in total. The third kappa shape index (κ3) is 7.46. The van der Waals surface area contributed by atoms with E-state index in [0.29, 0.717) is 0 Å². The van der Waals surface area contributed by atoms with Crippen LogP contribution in [0.15, 0.2) is 206 Å². The van der Waals surface area contributed by atoms with Crippen molar-refractivity contribution in [2.45, 2.75) is 52.4 Å². The van der Waals surface area contributed by atoms with Crippen LogP contribution in [0.2, 0.25) is 52.4 Å². The van der Waals surface area contributed by atoms with Crippen LogP contribution < -0.4 is 30.5 Å². The van der Waals surface area contributed by atoms with Crippen LogP contribution in [0.1, 0.15) is 0 Å². The summed E-state index contributed by atoms with van der Waals surface area (Å²) in [5.74, 6) is 0. The van der Waals surface area contributed by atoms with E-state index in [1.807, 2.05) is 0 Å². The lowest BCUT2D eigenvalue weighted by Gasteiger charge is -2.36. The molecule has 11 rings (SSSR count). The molecule has 1 aliphatic heterocycles. The Kier molecular flexibility index (Phi) is 10.4. The quantitative estimate of drug-likeness (QED) is 0.105. The summed E-state index contributed by atoms with van der Waals surface area (Å²) in [6.07, 6.45) is 0. The number of fused-ring (bicyclic) bond motifs is 6. The molecule has 0 amide bonds. The Morgan fingerprint density at radius 3 is 1.30 bits per heavy atom. The van der Waals surface area contributed by atoms with Gasteiger partial charge in [0.1, 0.15) is 8.07 Å². The maximum absolute atomic E-state index is 2.56. The minimum atomic E-state index is -2.20. The van der Waals surface area contributed by atoms with Crippen molar-refractivity contribution in [3.63, 3.8) is 0 Å². The number of hydrogen-bond acceptors (Lipinski definition) is 2. The van der Waals surface area contributed by atoms with Crippen molar-refractivity contribution >= 4 is 111 Å². The Balaban J connectivity index is 1.05. The summed E-state index contributed by atoms with van der Waals surface area (Å²) >= 11 is 0. The molecule has 0 aliphatic carbocycles. The third-order valence-electron chi connectivity index (χ3n) is 14.3. The molecule has 1 aliphatic rings. The van der Waals surface area contributed by atoms with Crippen LogP contribution in [0.25, 0.3) is 54.6 Å². The highest BCUT2D eigenvalue weighted by Gasteiger charge is 2.37. The third-order valence-corrected chi connectivity index (χ3v) is 22.0. The van der Waals surface area contributed by atoms with Crippen molar-refractivity contribution in [3.8, 4) is 22.3 Å². The Labute approximate surface area is 399 Å². The molecule has 0 saturated heterocycles. The number of hydrogen-bond donors (Lipinski definition) is 0. The Hall–Kier alpha value is -6.77. The summed E-state index contributed by atoms with van der Waals surface area (Å²) < 4.78 is 0. The molecule has 67 heavy (non-hydrogen) atoms. The van der Waals surface area contributed by atoms with Crippen molar-refractivity contribution in [2.24, 2.45) is 0 Å². The summed E-state index contributed by atoms with van der Waals surface area (Å²) in [4.78, 5) is 4.82. The van der Waals surface area contributed by atoms with E-state index in [4.69, 9.17) is 0 Å². The minimum Gasteiger partial charge on any atom is -0.311 e. The van der Waals surface area contributed by atoms with Gasteiger partial charge in [-0.2, -0.15) is 0 Å². The molecule has 0 bridgehead atoms. The van der Waals surface area contributed by atoms with Gasteiger partial charge in [-0.25, -0.2) is 0 Å². The summed E-state index contributed by atoms with van der Waals surface area (Å²) in [6.45, 7) is 19.6. The van der Waals surface area contributed by atoms with Gasteiger partial charge in [0, 0.05) is 34.1 Å². The van der Waals surface area contributed by atoms with Gasteiger partial charge in [-0.15, -0.1) is 0 Å². The average molecular weight is 915 g/mol. The fraction of sp³-hybridized carbons (Fsp3) is 0.129. The van der Waals surface area contributed by atoms with Crippen LogP contribution in [0.3, 0.4) is 0 Å². The summed E-state index contributed by atoms with van der Waals surface area (Å²) in [5.41, 5.74) is 12.2. The Morgan fingerprint density at radius 1 is 0.313 bits per heavy atom. The smallest absolute Gasteiger partial charge is 0.113 e. The van der Waals surface area contributed by atoms with Gasteiger partial charge in [-0.05, 0) is 150 Å². The predicted octanol–water partition coefficient (Wildman–Crippen LogP) is 15.6. The fourth-order valence-electron chi connectivity index (χ4n) is 10.7. The Morgan fingerprint density at radius 2 is 0.746 bits per heavy atom. The zero-order valence-corrected chi connectivity index (χ0v) is 43.0. The van der Waals surface area contributed by atoms with E-state index in [0.717, 1.165) is 11.4 Å². The highest BCUT2D eigenvalue weighted by Crippen LogP contribution is 2.45. The first-order chi connectivity index (χ1) is 32.3. The normalized spacial score (nSPS) is 13.2. The summed E-state index contributed by atoms with van der Waals surface area (Å²) in [5, 5.41) is 13.9. The topological polar surface area (TPSA) is 6.48 Å². The van der Waals surface area contributed by atoms with Crippen molar-refractivity contribution < 1.29 is 0 Å². The average Bonchev–Trinajstić information content (AvgIpc) is 3.34. The van der Waals surface area contributed by atoms with E-state index in [1.54, 1.807) is 0 Å². The maximum Gasteiger partial charge on any atom is 0.113 e. The van der Waals surface area contributed by atoms with Gasteiger partial charge >= 0.3 is 0 Å². The molecule has 1 heterocycles. The van der Waals surface area contributed by atoms with Crippen LogP contribution in [0, 0.1) is 0 Å². The second-order valence-electron chi connectivity index (χ2n) is 21.1. The van der Waals surface area contributed by atoms with Gasteiger partial charge in [-0.1, -0.05) is 184 Å². The van der Waals surface area contributed by atoms with E-state index in [9.17, 15) is 0 Å². The second kappa shape index (κ2) is 16.2. The number of rotatable bonds is 9. The molecule has 328 valence electrons. The largest absolute Gasteiger partial charge is 0.311 e. The summed E-state index contributed by atoms with van der Waals surface area (Å²) in [7, 11) is -5.09. The van der Waals surface area contributed by atoms with E-state index >= 15 is 0 Å². The highest BCUT2D eigenvalue weighted by atomic mass is 28.3. The van der Waals surface area contributed by atoms with Crippen molar-refractivity contribution in [2.75, 3.05) is 9.80 Å². The van der Waals surface area contributed by atoms with Gasteiger partial charge in [0.15, 0.2) is 0 Å². The molecule has 0 aromatic heterocycles. The molecule has 0 radical (unpaired) electrons. The molecule has 0 spiro atoms. The Bertz CT molecular complexity index is 3480. The van der Waals surface area contributed by atoms with E-state index in [2.05, 4.69) is 268 Å². The van der Waals surface area contributed by atoms with Crippen LogP contribution in [0.4, 0.5) is 34.1 Å². The second-order valence-corrected chi connectivity index (χ2v) is 35.5. The molecule has 5 heteroatoms. The first-order valence-electron chi connectivity index (χ1n) is 23.8. The molecule has 0 fully saturated rings. The van der Waals surface area contributed by atoms with E-state index in [1.165, 1.54) is 98.1 Å². The SMILES string of the molecule is C[Si](C)(C)c1ccc(N(c2ccccc2)c2ccc(-c3cc4c5cccc6c5c(cc4c4ccccc34)-c3ccc(N(c4ccccc4)c4ccc([Si](C)(C)C)cc4)cc3[Si]6(C)C)cc2)cc1. The highest BCUT2D eigenvalue weighted by molar-refractivity contribution is 7.03. The number of para-hydroxylation sites is 2. The molecule has 0 saturated carbocycles.